The molecule has 0 amide bonds. The minimum absolute atomic E-state index is 0.484. The molecule has 0 atom stereocenters. The fraction of sp³-hybridized carbons (Fsp3) is 0.733. The summed E-state index contributed by atoms with van der Waals surface area (Å²) >= 11 is 0. The molecule has 1 aliphatic rings. The molecule has 0 aromatic carbocycles. The standard InChI is InChI=1S/C15H26N4/c1-4-5-6-9-19(12(2)3)15-13-10-16-8-7-14(13)17-11-18-15/h11-12,16H,4-10H2,1-3H3. The fourth-order valence-corrected chi connectivity index (χ4v) is 2.64. The second-order valence-corrected chi connectivity index (χ2v) is 5.54. The zero-order valence-corrected chi connectivity index (χ0v) is 12.4. The molecule has 19 heavy (non-hydrogen) atoms. The molecule has 4 heteroatoms. The van der Waals surface area contributed by atoms with Crippen LogP contribution in [0.2, 0.25) is 0 Å². The zero-order chi connectivity index (χ0) is 13.7. The van der Waals surface area contributed by atoms with E-state index in [0.717, 1.165) is 31.9 Å². The van der Waals surface area contributed by atoms with Gasteiger partial charge in [-0.25, -0.2) is 9.97 Å². The molecule has 0 saturated carbocycles. The van der Waals surface area contributed by atoms with Crippen LogP contribution in [0, 0.1) is 0 Å². The molecule has 1 aromatic heterocycles. The van der Waals surface area contributed by atoms with E-state index >= 15 is 0 Å². The highest BCUT2D eigenvalue weighted by Crippen LogP contribution is 2.24. The Bertz CT molecular complexity index is 403. The van der Waals surface area contributed by atoms with Crippen molar-refractivity contribution in [3.63, 3.8) is 0 Å². The Balaban J connectivity index is 2.21. The third-order valence-electron chi connectivity index (χ3n) is 3.75. The van der Waals surface area contributed by atoms with Gasteiger partial charge in [0, 0.05) is 37.7 Å². The number of nitrogens with zero attached hydrogens (tertiary/aromatic N) is 3. The summed E-state index contributed by atoms with van der Waals surface area (Å²) < 4.78 is 0. The normalized spacial score (nSPS) is 14.5. The molecule has 1 aliphatic heterocycles. The predicted octanol–water partition coefficient (Wildman–Crippen LogP) is 2.53. The fourth-order valence-electron chi connectivity index (χ4n) is 2.64. The number of hydrogen-bond acceptors (Lipinski definition) is 4. The van der Waals surface area contributed by atoms with Crippen molar-refractivity contribution in [2.45, 2.75) is 59.0 Å². The van der Waals surface area contributed by atoms with E-state index in [1.54, 1.807) is 6.33 Å². The Kier molecular flexibility index (Phi) is 5.14. The van der Waals surface area contributed by atoms with Crippen LogP contribution in [-0.4, -0.2) is 29.1 Å². The summed E-state index contributed by atoms with van der Waals surface area (Å²) in [5, 5.41) is 3.44. The van der Waals surface area contributed by atoms with Crippen molar-refractivity contribution in [1.82, 2.24) is 15.3 Å². The quantitative estimate of drug-likeness (QED) is 0.800. The van der Waals surface area contributed by atoms with Gasteiger partial charge in [0.1, 0.15) is 12.1 Å². The van der Waals surface area contributed by atoms with E-state index in [9.17, 15) is 0 Å². The molecular formula is C15H26N4. The number of aromatic nitrogens is 2. The van der Waals surface area contributed by atoms with Gasteiger partial charge in [0.2, 0.25) is 0 Å². The summed E-state index contributed by atoms with van der Waals surface area (Å²) in [5.41, 5.74) is 2.53. The van der Waals surface area contributed by atoms with Crippen LogP contribution in [0.1, 0.15) is 51.3 Å². The second kappa shape index (κ2) is 6.85. The first-order valence-electron chi connectivity index (χ1n) is 7.54. The molecule has 0 unspecified atom stereocenters. The lowest BCUT2D eigenvalue weighted by Gasteiger charge is -2.31. The third-order valence-corrected chi connectivity index (χ3v) is 3.75. The second-order valence-electron chi connectivity index (χ2n) is 5.54. The van der Waals surface area contributed by atoms with Gasteiger partial charge in [-0.05, 0) is 20.3 Å². The van der Waals surface area contributed by atoms with Crippen molar-refractivity contribution in [1.29, 1.82) is 0 Å². The van der Waals surface area contributed by atoms with Gasteiger partial charge in [-0.1, -0.05) is 19.8 Å². The Morgan fingerprint density at radius 1 is 1.32 bits per heavy atom. The summed E-state index contributed by atoms with van der Waals surface area (Å²) in [6.45, 7) is 9.77. The third kappa shape index (κ3) is 3.44. The maximum Gasteiger partial charge on any atom is 0.136 e. The Morgan fingerprint density at radius 2 is 2.16 bits per heavy atom. The molecule has 0 bridgehead atoms. The van der Waals surface area contributed by atoms with Gasteiger partial charge in [-0.2, -0.15) is 0 Å². The van der Waals surface area contributed by atoms with Gasteiger partial charge >= 0.3 is 0 Å². The van der Waals surface area contributed by atoms with Crippen LogP contribution < -0.4 is 10.2 Å². The lowest BCUT2D eigenvalue weighted by Crippen LogP contribution is -2.36. The smallest absolute Gasteiger partial charge is 0.136 e. The van der Waals surface area contributed by atoms with E-state index < -0.39 is 0 Å². The molecular weight excluding hydrogens is 236 g/mol. The van der Waals surface area contributed by atoms with Crippen LogP contribution in [-0.2, 0) is 13.0 Å². The number of hydrogen-bond donors (Lipinski definition) is 1. The molecule has 0 saturated heterocycles. The van der Waals surface area contributed by atoms with Gasteiger partial charge in [0.15, 0.2) is 0 Å². The van der Waals surface area contributed by atoms with Crippen LogP contribution in [0.4, 0.5) is 5.82 Å². The van der Waals surface area contributed by atoms with Gasteiger partial charge < -0.3 is 10.2 Å². The van der Waals surface area contributed by atoms with Crippen LogP contribution in [0.3, 0.4) is 0 Å². The Morgan fingerprint density at radius 3 is 2.89 bits per heavy atom. The molecule has 0 radical (unpaired) electrons. The summed E-state index contributed by atoms with van der Waals surface area (Å²) in [4.78, 5) is 11.4. The molecule has 1 N–H and O–H groups in total. The highest BCUT2D eigenvalue weighted by Gasteiger charge is 2.20. The summed E-state index contributed by atoms with van der Waals surface area (Å²) in [6.07, 6.45) is 6.53. The zero-order valence-electron chi connectivity index (χ0n) is 12.4. The minimum atomic E-state index is 0.484. The monoisotopic (exact) mass is 262 g/mol. The van der Waals surface area contributed by atoms with Crippen LogP contribution in [0.5, 0.6) is 0 Å². The summed E-state index contributed by atoms with van der Waals surface area (Å²) in [5.74, 6) is 1.14. The number of rotatable bonds is 6. The molecule has 0 fully saturated rings. The summed E-state index contributed by atoms with van der Waals surface area (Å²) in [7, 11) is 0. The molecule has 2 rings (SSSR count). The Hall–Kier alpha value is -1.16. The first kappa shape index (κ1) is 14.3. The van der Waals surface area contributed by atoms with Crippen molar-refractivity contribution in [3.05, 3.63) is 17.6 Å². The molecule has 106 valence electrons. The minimum Gasteiger partial charge on any atom is -0.354 e. The van der Waals surface area contributed by atoms with Gasteiger partial charge in [-0.3, -0.25) is 0 Å². The van der Waals surface area contributed by atoms with Crippen molar-refractivity contribution in [3.8, 4) is 0 Å². The van der Waals surface area contributed by atoms with Crippen LogP contribution >= 0.6 is 0 Å². The van der Waals surface area contributed by atoms with E-state index in [0.29, 0.717) is 6.04 Å². The topological polar surface area (TPSA) is 41.1 Å². The molecule has 0 aliphatic carbocycles. The summed E-state index contributed by atoms with van der Waals surface area (Å²) in [6, 6.07) is 0.484. The maximum absolute atomic E-state index is 4.57. The number of fused-ring (bicyclic) bond motifs is 1. The van der Waals surface area contributed by atoms with E-state index in [-0.39, 0.29) is 0 Å². The average molecular weight is 262 g/mol. The molecule has 1 aromatic rings. The first-order chi connectivity index (χ1) is 9.24. The van der Waals surface area contributed by atoms with Crippen molar-refractivity contribution in [2.24, 2.45) is 0 Å². The van der Waals surface area contributed by atoms with Crippen molar-refractivity contribution >= 4 is 5.82 Å². The van der Waals surface area contributed by atoms with Gasteiger partial charge in [0.25, 0.3) is 0 Å². The highest BCUT2D eigenvalue weighted by atomic mass is 15.2. The average Bonchev–Trinajstić information content (AvgIpc) is 2.43. The maximum atomic E-state index is 4.57. The number of anilines is 1. The van der Waals surface area contributed by atoms with Crippen molar-refractivity contribution in [2.75, 3.05) is 18.0 Å². The lowest BCUT2D eigenvalue weighted by molar-refractivity contribution is 0.591. The first-order valence-corrected chi connectivity index (χ1v) is 7.54. The molecule has 2 heterocycles. The SMILES string of the molecule is CCCCCN(c1ncnc2c1CNCC2)C(C)C. The Labute approximate surface area is 116 Å². The highest BCUT2D eigenvalue weighted by molar-refractivity contribution is 5.50. The largest absolute Gasteiger partial charge is 0.354 e. The van der Waals surface area contributed by atoms with E-state index in [4.69, 9.17) is 0 Å². The number of nitrogens with one attached hydrogen (secondary N) is 1. The van der Waals surface area contributed by atoms with Gasteiger partial charge in [-0.15, -0.1) is 0 Å². The van der Waals surface area contributed by atoms with Crippen molar-refractivity contribution < 1.29 is 0 Å². The van der Waals surface area contributed by atoms with Crippen LogP contribution in [0.25, 0.3) is 0 Å². The van der Waals surface area contributed by atoms with Gasteiger partial charge in [0.05, 0.1) is 5.69 Å². The molecule has 0 spiro atoms. The van der Waals surface area contributed by atoms with E-state index in [1.165, 1.54) is 30.5 Å². The van der Waals surface area contributed by atoms with Crippen LogP contribution in [0.15, 0.2) is 6.33 Å². The number of unbranched alkanes of at least 4 members (excludes halogenated alkanes) is 2. The van der Waals surface area contributed by atoms with E-state index in [1.807, 2.05) is 0 Å². The van der Waals surface area contributed by atoms with E-state index in [2.05, 4.69) is 41.0 Å². The molecule has 4 nitrogen and oxygen atoms in total. The lowest BCUT2D eigenvalue weighted by atomic mass is 10.1. The predicted molar refractivity (Wildman–Crippen MR) is 79.4 cm³/mol.